The van der Waals surface area contributed by atoms with Gasteiger partial charge >= 0.3 is 12.0 Å². The molecule has 0 aliphatic carbocycles. The molecule has 0 saturated carbocycles. The first-order chi connectivity index (χ1) is 9.41. The Morgan fingerprint density at radius 3 is 2.20 bits per heavy atom. The number of rotatable bonds is 6. The van der Waals surface area contributed by atoms with Gasteiger partial charge in [-0.25, -0.2) is 9.59 Å². The second-order valence-corrected chi connectivity index (χ2v) is 5.05. The van der Waals surface area contributed by atoms with Crippen LogP contribution >= 0.6 is 0 Å². The molecule has 0 fully saturated rings. The molecule has 0 bridgehead atoms. The maximum absolute atomic E-state index is 12.0. The summed E-state index contributed by atoms with van der Waals surface area (Å²) in [4.78, 5) is 23.3. The Morgan fingerprint density at radius 2 is 1.75 bits per heavy atom. The lowest BCUT2D eigenvalue weighted by molar-refractivity contribution is -0.139. The van der Waals surface area contributed by atoms with Gasteiger partial charge in [0.15, 0.2) is 6.04 Å². The molecule has 1 atom stereocenters. The maximum atomic E-state index is 12.0. The number of carbonyl (C=O) groups excluding carboxylic acids is 1. The highest BCUT2D eigenvalue weighted by Gasteiger charge is 2.26. The highest BCUT2D eigenvalue weighted by molar-refractivity contribution is 5.83. The van der Waals surface area contributed by atoms with E-state index in [1.54, 1.807) is 30.3 Å². The number of hydrogen-bond acceptors (Lipinski definition) is 2. The number of amides is 2. The largest absolute Gasteiger partial charge is 0.479 e. The molecule has 2 amide bonds. The Morgan fingerprint density at radius 1 is 1.20 bits per heavy atom. The lowest BCUT2D eigenvalue weighted by Gasteiger charge is -2.29. The number of nitrogens with one attached hydrogen (secondary N) is 2. The molecular formula is C15H22N2O3. The van der Waals surface area contributed by atoms with Gasteiger partial charge in [-0.15, -0.1) is 0 Å². The van der Waals surface area contributed by atoms with E-state index in [-0.39, 0.29) is 5.54 Å². The molecule has 0 aliphatic heterocycles. The van der Waals surface area contributed by atoms with E-state index in [1.807, 2.05) is 20.8 Å². The monoisotopic (exact) mass is 278 g/mol. The van der Waals surface area contributed by atoms with E-state index in [2.05, 4.69) is 10.6 Å². The van der Waals surface area contributed by atoms with E-state index in [1.165, 1.54) is 0 Å². The zero-order chi connectivity index (χ0) is 15.2. The van der Waals surface area contributed by atoms with E-state index in [0.29, 0.717) is 5.56 Å². The third-order valence-electron chi connectivity index (χ3n) is 3.63. The molecular weight excluding hydrogens is 256 g/mol. The molecule has 5 heteroatoms. The summed E-state index contributed by atoms with van der Waals surface area (Å²) in [5, 5.41) is 14.6. The zero-order valence-corrected chi connectivity index (χ0v) is 12.1. The maximum Gasteiger partial charge on any atom is 0.330 e. The molecule has 20 heavy (non-hydrogen) atoms. The van der Waals surface area contributed by atoms with Crippen LogP contribution in [0, 0.1) is 0 Å². The summed E-state index contributed by atoms with van der Waals surface area (Å²) in [7, 11) is 0. The molecule has 0 aliphatic rings. The number of hydrogen-bond donors (Lipinski definition) is 3. The molecule has 1 aromatic carbocycles. The quantitative estimate of drug-likeness (QED) is 0.748. The number of carboxylic acids is 1. The van der Waals surface area contributed by atoms with Crippen molar-refractivity contribution in [3.05, 3.63) is 35.9 Å². The summed E-state index contributed by atoms with van der Waals surface area (Å²) in [6.07, 6.45) is 1.56. The van der Waals surface area contributed by atoms with Gasteiger partial charge in [-0.05, 0) is 25.3 Å². The fourth-order valence-electron chi connectivity index (χ4n) is 1.80. The van der Waals surface area contributed by atoms with Crippen molar-refractivity contribution < 1.29 is 14.7 Å². The number of carboxylic acid groups (broad SMARTS) is 1. The Hall–Kier alpha value is -2.04. The number of benzene rings is 1. The molecule has 5 nitrogen and oxygen atoms in total. The highest BCUT2D eigenvalue weighted by atomic mass is 16.4. The van der Waals surface area contributed by atoms with Gasteiger partial charge in [0.2, 0.25) is 0 Å². The third kappa shape index (κ3) is 4.26. The van der Waals surface area contributed by atoms with Crippen molar-refractivity contribution in [2.45, 2.75) is 45.2 Å². The SMILES string of the molecule is CCC(C)(CC)NC(=O)N[C@H](C(=O)O)c1ccccc1. The van der Waals surface area contributed by atoms with E-state index in [4.69, 9.17) is 0 Å². The van der Waals surface area contributed by atoms with Gasteiger partial charge in [0.1, 0.15) is 0 Å². The smallest absolute Gasteiger partial charge is 0.330 e. The van der Waals surface area contributed by atoms with Gasteiger partial charge in [-0.3, -0.25) is 0 Å². The Bertz CT molecular complexity index is 455. The van der Waals surface area contributed by atoms with Crippen LogP contribution in [0.5, 0.6) is 0 Å². The van der Waals surface area contributed by atoms with E-state index < -0.39 is 18.0 Å². The van der Waals surface area contributed by atoms with Crippen molar-refractivity contribution in [2.24, 2.45) is 0 Å². The van der Waals surface area contributed by atoms with E-state index in [0.717, 1.165) is 12.8 Å². The van der Waals surface area contributed by atoms with Crippen LogP contribution in [0.25, 0.3) is 0 Å². The number of aliphatic carboxylic acids is 1. The molecule has 0 unspecified atom stereocenters. The highest BCUT2D eigenvalue weighted by Crippen LogP contribution is 2.15. The van der Waals surface area contributed by atoms with Crippen LogP contribution in [0.1, 0.15) is 45.2 Å². The van der Waals surface area contributed by atoms with Crippen molar-refractivity contribution in [3.8, 4) is 0 Å². The number of carbonyl (C=O) groups is 2. The normalized spacial score (nSPS) is 12.6. The second kappa shape index (κ2) is 6.93. The van der Waals surface area contributed by atoms with Crippen LogP contribution in [-0.2, 0) is 4.79 Å². The average molecular weight is 278 g/mol. The predicted octanol–water partition coefficient (Wildman–Crippen LogP) is 2.69. The van der Waals surface area contributed by atoms with Gasteiger partial charge < -0.3 is 15.7 Å². The Kier molecular flexibility index (Phi) is 5.55. The summed E-state index contributed by atoms with van der Waals surface area (Å²) in [6.45, 7) is 5.90. The van der Waals surface area contributed by atoms with Crippen LogP contribution < -0.4 is 10.6 Å². The second-order valence-electron chi connectivity index (χ2n) is 5.05. The van der Waals surface area contributed by atoms with Crippen LogP contribution in [0.15, 0.2) is 30.3 Å². The summed E-state index contributed by atoms with van der Waals surface area (Å²) < 4.78 is 0. The van der Waals surface area contributed by atoms with Gasteiger partial charge in [0, 0.05) is 5.54 Å². The molecule has 1 aromatic rings. The first kappa shape index (κ1) is 16.0. The first-order valence-corrected chi connectivity index (χ1v) is 6.78. The molecule has 0 radical (unpaired) electrons. The summed E-state index contributed by atoms with van der Waals surface area (Å²) in [6, 6.07) is 7.13. The van der Waals surface area contributed by atoms with E-state index in [9.17, 15) is 14.7 Å². The van der Waals surface area contributed by atoms with Crippen molar-refractivity contribution in [1.29, 1.82) is 0 Å². The van der Waals surface area contributed by atoms with E-state index >= 15 is 0 Å². The lowest BCUT2D eigenvalue weighted by Crippen LogP contribution is -2.51. The number of urea groups is 1. The molecule has 0 saturated heterocycles. The van der Waals surface area contributed by atoms with Gasteiger partial charge in [0.05, 0.1) is 0 Å². The van der Waals surface area contributed by atoms with Gasteiger partial charge in [-0.2, -0.15) is 0 Å². The first-order valence-electron chi connectivity index (χ1n) is 6.78. The standard InChI is InChI=1S/C15H22N2O3/c1-4-15(3,5-2)17-14(20)16-12(13(18)19)11-9-7-6-8-10-11/h6-10,12H,4-5H2,1-3H3,(H,18,19)(H2,16,17,20)/t12-/m0/s1. The fourth-order valence-corrected chi connectivity index (χ4v) is 1.80. The third-order valence-corrected chi connectivity index (χ3v) is 3.63. The summed E-state index contributed by atoms with van der Waals surface area (Å²) >= 11 is 0. The van der Waals surface area contributed by atoms with Crippen LogP contribution in [-0.4, -0.2) is 22.6 Å². The van der Waals surface area contributed by atoms with Crippen molar-refractivity contribution >= 4 is 12.0 Å². The lowest BCUT2D eigenvalue weighted by atomic mass is 9.96. The molecule has 1 rings (SSSR count). The van der Waals surface area contributed by atoms with Crippen LogP contribution in [0.4, 0.5) is 4.79 Å². The van der Waals surface area contributed by atoms with Crippen LogP contribution in [0.3, 0.4) is 0 Å². The minimum atomic E-state index is -1.08. The average Bonchev–Trinajstić information content (AvgIpc) is 2.45. The van der Waals surface area contributed by atoms with Crippen LogP contribution in [0.2, 0.25) is 0 Å². The Labute approximate surface area is 119 Å². The minimum Gasteiger partial charge on any atom is -0.479 e. The van der Waals surface area contributed by atoms with Crippen molar-refractivity contribution in [2.75, 3.05) is 0 Å². The summed E-state index contributed by atoms with van der Waals surface area (Å²) in [5.41, 5.74) is 0.217. The fraction of sp³-hybridized carbons (Fsp3) is 0.467. The van der Waals surface area contributed by atoms with Crippen molar-refractivity contribution in [1.82, 2.24) is 10.6 Å². The zero-order valence-electron chi connectivity index (χ0n) is 12.1. The topological polar surface area (TPSA) is 78.4 Å². The molecule has 110 valence electrons. The van der Waals surface area contributed by atoms with Gasteiger partial charge in [0.25, 0.3) is 0 Å². The predicted molar refractivity (Wildman–Crippen MR) is 77.5 cm³/mol. The molecule has 0 heterocycles. The van der Waals surface area contributed by atoms with Gasteiger partial charge in [-0.1, -0.05) is 44.2 Å². The molecule has 3 N–H and O–H groups in total. The molecule has 0 spiro atoms. The summed E-state index contributed by atoms with van der Waals surface area (Å²) in [5.74, 6) is -1.08. The minimum absolute atomic E-state index is 0.330. The molecule has 0 aromatic heterocycles. The Balaban J connectivity index is 2.78. The van der Waals surface area contributed by atoms with Crippen molar-refractivity contribution in [3.63, 3.8) is 0 Å².